The molecular weight excluding hydrogens is 304 g/mol. The van der Waals surface area contributed by atoms with Gasteiger partial charge in [-0.2, -0.15) is 0 Å². The molecule has 2 bridgehead atoms. The fourth-order valence-electron chi connectivity index (χ4n) is 7.48. The minimum absolute atomic E-state index is 0.0184. The second-order valence-electron chi connectivity index (χ2n) is 9.89. The summed E-state index contributed by atoms with van der Waals surface area (Å²) in [5, 5.41) is 32.4. The van der Waals surface area contributed by atoms with Crippen LogP contribution in [-0.4, -0.2) is 38.9 Å². The van der Waals surface area contributed by atoms with E-state index in [9.17, 15) is 20.1 Å². The summed E-state index contributed by atoms with van der Waals surface area (Å²) in [5.74, 6) is 0.101. The third-order valence-corrected chi connectivity index (χ3v) is 8.52. The second-order valence-corrected chi connectivity index (χ2v) is 9.89. The third-order valence-electron chi connectivity index (χ3n) is 8.52. The molecule has 24 heavy (non-hydrogen) atoms. The molecule has 0 heterocycles. The lowest BCUT2D eigenvalue weighted by molar-refractivity contribution is -0.218. The predicted octanol–water partition coefficient (Wildman–Crippen LogP) is 2.21. The molecule has 4 aliphatic carbocycles. The second kappa shape index (κ2) is 4.52. The molecule has 0 radical (unpaired) electrons. The number of carbonyl (C=O) groups excluding carboxylic acids is 1. The van der Waals surface area contributed by atoms with E-state index in [2.05, 4.69) is 27.4 Å². The Morgan fingerprint density at radius 2 is 1.79 bits per heavy atom. The maximum atomic E-state index is 13.1. The first-order chi connectivity index (χ1) is 11.0. The van der Waals surface area contributed by atoms with Gasteiger partial charge in [-0.05, 0) is 48.9 Å². The summed E-state index contributed by atoms with van der Waals surface area (Å²) in [7, 11) is 0. The molecule has 7 unspecified atom stereocenters. The smallest absolute Gasteiger partial charge is 0.167 e. The van der Waals surface area contributed by atoms with E-state index >= 15 is 0 Å². The lowest BCUT2D eigenvalue weighted by Gasteiger charge is -2.65. The molecule has 0 aliphatic heterocycles. The van der Waals surface area contributed by atoms with Crippen molar-refractivity contribution in [2.75, 3.05) is 0 Å². The summed E-state index contributed by atoms with van der Waals surface area (Å²) >= 11 is 0. The van der Waals surface area contributed by atoms with Crippen LogP contribution in [-0.2, 0) is 4.79 Å². The van der Waals surface area contributed by atoms with E-state index in [1.165, 1.54) is 0 Å². The summed E-state index contributed by atoms with van der Waals surface area (Å²) < 4.78 is 0. The SMILES string of the molecule is C=C1C(=O)C23CCC4C(C)(C)C(O)CCC4(C)C2C(O)CC1(O)C3. The van der Waals surface area contributed by atoms with Crippen molar-refractivity contribution in [3.8, 4) is 0 Å². The van der Waals surface area contributed by atoms with E-state index in [4.69, 9.17) is 0 Å². The van der Waals surface area contributed by atoms with Crippen molar-refractivity contribution in [3.63, 3.8) is 0 Å². The standard InChI is InChI=1S/C20H30O4/c1-11-16(23)19-8-5-13-17(2,3)14(22)6-7-18(13,4)15(19)12(21)9-20(11,24)10-19/h12-15,21-22,24H,1,5-10H2,2-4H3. The molecule has 7 atom stereocenters. The number of ketones is 1. The van der Waals surface area contributed by atoms with Gasteiger partial charge in [-0.15, -0.1) is 0 Å². The highest BCUT2D eigenvalue weighted by Crippen LogP contribution is 2.71. The van der Waals surface area contributed by atoms with Crippen LogP contribution in [0.25, 0.3) is 0 Å². The highest BCUT2D eigenvalue weighted by molar-refractivity contribution is 6.05. The van der Waals surface area contributed by atoms with Crippen molar-refractivity contribution in [3.05, 3.63) is 12.2 Å². The first kappa shape index (κ1) is 16.7. The maximum Gasteiger partial charge on any atom is 0.167 e. The van der Waals surface area contributed by atoms with Gasteiger partial charge >= 0.3 is 0 Å². The fourth-order valence-corrected chi connectivity index (χ4v) is 7.48. The van der Waals surface area contributed by atoms with E-state index in [-0.39, 0.29) is 41.0 Å². The van der Waals surface area contributed by atoms with E-state index < -0.39 is 17.1 Å². The van der Waals surface area contributed by atoms with Gasteiger partial charge in [0.05, 0.1) is 17.8 Å². The van der Waals surface area contributed by atoms with Crippen molar-refractivity contribution in [1.82, 2.24) is 0 Å². The van der Waals surface area contributed by atoms with Crippen molar-refractivity contribution >= 4 is 5.78 Å². The van der Waals surface area contributed by atoms with Crippen LogP contribution in [0.15, 0.2) is 12.2 Å². The van der Waals surface area contributed by atoms with E-state index in [0.29, 0.717) is 24.8 Å². The molecular formula is C20H30O4. The molecule has 0 aromatic carbocycles. The lowest BCUT2D eigenvalue weighted by Crippen LogP contribution is -2.64. The van der Waals surface area contributed by atoms with Gasteiger partial charge in [0.15, 0.2) is 5.78 Å². The molecule has 4 heteroatoms. The van der Waals surface area contributed by atoms with Crippen LogP contribution in [0.2, 0.25) is 0 Å². The highest BCUT2D eigenvalue weighted by atomic mass is 16.3. The number of aliphatic hydroxyl groups excluding tert-OH is 2. The number of rotatable bonds is 0. The van der Waals surface area contributed by atoms with Gasteiger partial charge in [-0.1, -0.05) is 27.4 Å². The summed E-state index contributed by atoms with van der Waals surface area (Å²) in [5.41, 5.74) is -1.99. The molecule has 3 N–H and O–H groups in total. The number of fused-ring (bicyclic) bond motifs is 3. The maximum absolute atomic E-state index is 13.1. The zero-order chi connectivity index (χ0) is 17.7. The molecule has 134 valence electrons. The quantitative estimate of drug-likeness (QED) is 0.594. The van der Waals surface area contributed by atoms with Crippen LogP contribution >= 0.6 is 0 Å². The van der Waals surface area contributed by atoms with Crippen LogP contribution < -0.4 is 0 Å². The van der Waals surface area contributed by atoms with Crippen LogP contribution in [0, 0.1) is 28.1 Å². The summed E-state index contributed by atoms with van der Waals surface area (Å²) in [6.07, 6.45) is 2.69. The minimum Gasteiger partial charge on any atom is -0.393 e. The molecule has 4 saturated carbocycles. The van der Waals surface area contributed by atoms with Crippen LogP contribution in [0.3, 0.4) is 0 Å². The van der Waals surface area contributed by atoms with Crippen LogP contribution in [0.4, 0.5) is 0 Å². The van der Waals surface area contributed by atoms with Crippen molar-refractivity contribution in [1.29, 1.82) is 0 Å². The monoisotopic (exact) mass is 334 g/mol. The third kappa shape index (κ3) is 1.68. The zero-order valence-electron chi connectivity index (χ0n) is 15.0. The number of aliphatic hydroxyl groups is 3. The Bertz CT molecular complexity index is 625. The van der Waals surface area contributed by atoms with E-state index in [0.717, 1.165) is 12.8 Å². The topological polar surface area (TPSA) is 77.8 Å². The molecule has 4 aliphatic rings. The fraction of sp³-hybridized carbons (Fsp3) is 0.850. The number of carbonyl (C=O) groups is 1. The molecule has 4 nitrogen and oxygen atoms in total. The Kier molecular flexibility index (Phi) is 3.15. The average molecular weight is 334 g/mol. The van der Waals surface area contributed by atoms with Gasteiger partial charge in [0.25, 0.3) is 0 Å². The first-order valence-corrected chi connectivity index (χ1v) is 9.32. The molecule has 0 aromatic heterocycles. The molecule has 0 aromatic rings. The Balaban J connectivity index is 1.84. The van der Waals surface area contributed by atoms with Gasteiger partial charge in [-0.3, -0.25) is 4.79 Å². The van der Waals surface area contributed by atoms with E-state index in [1.807, 2.05) is 0 Å². The van der Waals surface area contributed by atoms with Gasteiger partial charge in [-0.25, -0.2) is 0 Å². The van der Waals surface area contributed by atoms with Gasteiger partial charge in [0.1, 0.15) is 0 Å². The largest absolute Gasteiger partial charge is 0.393 e. The number of hydrogen-bond acceptors (Lipinski definition) is 4. The average Bonchev–Trinajstić information content (AvgIpc) is 2.61. The van der Waals surface area contributed by atoms with Crippen LogP contribution in [0.5, 0.6) is 0 Å². The summed E-state index contributed by atoms with van der Waals surface area (Å²) in [6, 6.07) is 0. The van der Waals surface area contributed by atoms with Crippen molar-refractivity contribution in [2.24, 2.45) is 28.1 Å². The Morgan fingerprint density at radius 3 is 2.46 bits per heavy atom. The Hall–Kier alpha value is -0.710. The van der Waals surface area contributed by atoms with E-state index in [1.54, 1.807) is 0 Å². The highest BCUT2D eigenvalue weighted by Gasteiger charge is 2.72. The Morgan fingerprint density at radius 1 is 1.12 bits per heavy atom. The zero-order valence-corrected chi connectivity index (χ0v) is 15.0. The number of Topliss-reactive ketones (excluding diaryl/α,β-unsaturated/α-hetero) is 1. The number of hydrogen-bond donors (Lipinski definition) is 3. The Labute approximate surface area is 144 Å². The minimum atomic E-state index is -1.22. The molecule has 1 spiro atoms. The van der Waals surface area contributed by atoms with Crippen molar-refractivity contribution < 1.29 is 20.1 Å². The van der Waals surface area contributed by atoms with Gasteiger partial charge < -0.3 is 15.3 Å². The molecule has 4 rings (SSSR count). The van der Waals surface area contributed by atoms with Crippen molar-refractivity contribution in [2.45, 2.75) is 77.1 Å². The summed E-state index contributed by atoms with van der Waals surface area (Å²) in [6.45, 7) is 10.3. The molecule has 0 saturated heterocycles. The normalized spacial score (nSPS) is 55.9. The molecule has 0 amide bonds. The first-order valence-electron chi connectivity index (χ1n) is 9.32. The predicted molar refractivity (Wildman–Crippen MR) is 90.1 cm³/mol. The van der Waals surface area contributed by atoms with Gasteiger partial charge in [0, 0.05) is 23.3 Å². The lowest BCUT2D eigenvalue weighted by atomic mass is 9.40. The van der Waals surface area contributed by atoms with Gasteiger partial charge in [0.2, 0.25) is 0 Å². The van der Waals surface area contributed by atoms with Crippen LogP contribution in [0.1, 0.15) is 59.3 Å². The molecule has 4 fully saturated rings. The summed E-state index contributed by atoms with van der Waals surface area (Å²) in [4.78, 5) is 13.1.